The largest absolute Gasteiger partial charge is 0.458 e. The van der Waals surface area contributed by atoms with Crippen molar-refractivity contribution in [3.05, 3.63) is 35.9 Å². The van der Waals surface area contributed by atoms with Gasteiger partial charge in [-0.15, -0.1) is 0 Å². The van der Waals surface area contributed by atoms with E-state index in [2.05, 4.69) is 0 Å². The molecule has 1 N–H and O–H groups in total. The Morgan fingerprint density at radius 2 is 1.83 bits per heavy atom. The summed E-state index contributed by atoms with van der Waals surface area (Å²) in [5, 5.41) is 9.14. The minimum absolute atomic E-state index is 0.195. The van der Waals surface area contributed by atoms with E-state index in [9.17, 15) is 9.18 Å². The molecule has 0 spiro atoms. The van der Waals surface area contributed by atoms with Crippen molar-refractivity contribution >= 4 is 5.97 Å². The van der Waals surface area contributed by atoms with Crippen molar-refractivity contribution in [2.45, 2.75) is 38.5 Å². The molecule has 1 atom stereocenters. The molecule has 3 nitrogen and oxygen atoms in total. The van der Waals surface area contributed by atoms with E-state index >= 15 is 0 Å². The topological polar surface area (TPSA) is 46.5 Å². The molecule has 18 heavy (non-hydrogen) atoms. The second kappa shape index (κ2) is 5.48. The van der Waals surface area contributed by atoms with Gasteiger partial charge in [-0.1, -0.05) is 30.3 Å². The molecule has 1 aromatic carbocycles. The molecule has 100 valence electrons. The zero-order valence-electron chi connectivity index (χ0n) is 10.9. The van der Waals surface area contributed by atoms with Crippen LogP contribution in [0.4, 0.5) is 4.39 Å². The van der Waals surface area contributed by atoms with Gasteiger partial charge in [-0.3, -0.25) is 0 Å². The molecule has 1 rings (SSSR count). The number of carbonyl (C=O) groups excluding carboxylic acids is 1. The Bertz CT molecular complexity index is 397. The van der Waals surface area contributed by atoms with Crippen LogP contribution in [0.1, 0.15) is 26.3 Å². The molecule has 0 aliphatic carbocycles. The zero-order valence-corrected chi connectivity index (χ0v) is 10.9. The standard InChI is InChI=1S/C14H19FO3/c1-13(2,3)18-12(17)14(15,10-16)9-11-7-5-4-6-8-11/h4-8,16H,9-10H2,1-3H3. The maximum atomic E-state index is 14.4. The number of aliphatic hydroxyl groups is 1. The maximum absolute atomic E-state index is 14.4. The lowest BCUT2D eigenvalue weighted by molar-refractivity contribution is -0.172. The van der Waals surface area contributed by atoms with E-state index < -0.39 is 23.8 Å². The first-order valence-corrected chi connectivity index (χ1v) is 5.84. The lowest BCUT2D eigenvalue weighted by Crippen LogP contribution is -2.44. The quantitative estimate of drug-likeness (QED) is 0.838. The maximum Gasteiger partial charge on any atom is 0.347 e. The van der Waals surface area contributed by atoms with Crippen molar-refractivity contribution in [1.29, 1.82) is 0 Å². The highest BCUT2D eigenvalue weighted by Crippen LogP contribution is 2.22. The van der Waals surface area contributed by atoms with E-state index in [-0.39, 0.29) is 6.42 Å². The highest BCUT2D eigenvalue weighted by molar-refractivity contribution is 5.80. The van der Waals surface area contributed by atoms with Gasteiger partial charge in [-0.25, -0.2) is 9.18 Å². The van der Waals surface area contributed by atoms with Gasteiger partial charge in [0.25, 0.3) is 0 Å². The summed E-state index contributed by atoms with van der Waals surface area (Å²) in [4.78, 5) is 11.8. The number of hydrogen-bond donors (Lipinski definition) is 1. The lowest BCUT2D eigenvalue weighted by Gasteiger charge is -2.27. The number of esters is 1. The number of carbonyl (C=O) groups is 1. The monoisotopic (exact) mass is 254 g/mol. The average Bonchev–Trinajstić information content (AvgIpc) is 2.28. The zero-order chi connectivity index (χ0) is 13.8. The molecule has 0 aliphatic heterocycles. The summed E-state index contributed by atoms with van der Waals surface area (Å²) in [6.07, 6.45) is -0.195. The van der Waals surface area contributed by atoms with E-state index in [0.717, 1.165) is 0 Å². The number of halogens is 1. The fraction of sp³-hybridized carbons (Fsp3) is 0.500. The van der Waals surface area contributed by atoms with Crippen molar-refractivity contribution in [3.63, 3.8) is 0 Å². The van der Waals surface area contributed by atoms with E-state index in [1.54, 1.807) is 51.1 Å². The second-order valence-electron chi connectivity index (χ2n) is 5.29. The molecule has 0 fully saturated rings. The molecule has 0 radical (unpaired) electrons. The Morgan fingerprint density at radius 1 is 1.28 bits per heavy atom. The molecular weight excluding hydrogens is 235 g/mol. The third-order valence-electron chi connectivity index (χ3n) is 2.34. The summed E-state index contributed by atoms with van der Waals surface area (Å²) >= 11 is 0. The second-order valence-corrected chi connectivity index (χ2v) is 5.29. The van der Waals surface area contributed by atoms with Crippen molar-refractivity contribution in [2.24, 2.45) is 0 Å². The van der Waals surface area contributed by atoms with Crippen molar-refractivity contribution < 1.29 is 19.0 Å². The molecule has 0 heterocycles. The van der Waals surface area contributed by atoms with E-state index in [1.807, 2.05) is 0 Å². The smallest absolute Gasteiger partial charge is 0.347 e. The van der Waals surface area contributed by atoms with Gasteiger partial charge >= 0.3 is 5.97 Å². The van der Waals surface area contributed by atoms with Gasteiger partial charge in [0.2, 0.25) is 5.67 Å². The molecule has 0 saturated carbocycles. The summed E-state index contributed by atoms with van der Waals surface area (Å²) in [7, 11) is 0. The Labute approximate surface area is 107 Å². The Morgan fingerprint density at radius 3 is 2.28 bits per heavy atom. The highest BCUT2D eigenvalue weighted by atomic mass is 19.1. The van der Waals surface area contributed by atoms with Crippen LogP contribution in [0.25, 0.3) is 0 Å². The van der Waals surface area contributed by atoms with Gasteiger partial charge in [-0.05, 0) is 26.3 Å². The third kappa shape index (κ3) is 4.11. The molecule has 0 aliphatic rings. The Hall–Kier alpha value is -1.42. The molecular formula is C14H19FO3. The molecule has 0 amide bonds. The minimum Gasteiger partial charge on any atom is -0.458 e. The van der Waals surface area contributed by atoms with Crippen LogP contribution in [0.2, 0.25) is 0 Å². The van der Waals surface area contributed by atoms with Crippen molar-refractivity contribution in [3.8, 4) is 0 Å². The van der Waals surface area contributed by atoms with E-state index in [1.165, 1.54) is 0 Å². The summed E-state index contributed by atoms with van der Waals surface area (Å²) < 4.78 is 19.4. The predicted octanol–water partition coefficient (Wildman–Crippen LogP) is 2.27. The SMILES string of the molecule is CC(C)(C)OC(=O)C(F)(CO)Cc1ccccc1. The molecule has 0 saturated heterocycles. The number of ether oxygens (including phenoxy) is 1. The van der Waals surface area contributed by atoms with Crippen LogP contribution in [-0.4, -0.2) is 29.0 Å². The molecule has 0 bridgehead atoms. The highest BCUT2D eigenvalue weighted by Gasteiger charge is 2.41. The van der Waals surface area contributed by atoms with Gasteiger partial charge < -0.3 is 9.84 Å². The van der Waals surface area contributed by atoms with Crippen LogP contribution in [-0.2, 0) is 16.0 Å². The molecule has 1 unspecified atom stereocenters. The van der Waals surface area contributed by atoms with Crippen LogP contribution in [0.5, 0.6) is 0 Å². The van der Waals surface area contributed by atoms with Gasteiger partial charge in [-0.2, -0.15) is 0 Å². The van der Waals surface area contributed by atoms with Crippen LogP contribution in [0.15, 0.2) is 30.3 Å². The molecule has 4 heteroatoms. The third-order valence-corrected chi connectivity index (χ3v) is 2.34. The summed E-state index contributed by atoms with van der Waals surface area (Å²) in [5.74, 6) is -1.03. The summed E-state index contributed by atoms with van der Waals surface area (Å²) in [5.41, 5.74) is -2.53. The predicted molar refractivity (Wildman–Crippen MR) is 66.9 cm³/mol. The number of alkyl halides is 1. The summed E-state index contributed by atoms with van der Waals surface area (Å²) in [6, 6.07) is 8.71. The van der Waals surface area contributed by atoms with Gasteiger partial charge in [0.15, 0.2) is 0 Å². The first kappa shape index (κ1) is 14.6. The van der Waals surface area contributed by atoms with E-state index in [0.29, 0.717) is 5.56 Å². The first-order valence-electron chi connectivity index (χ1n) is 5.84. The number of benzene rings is 1. The fourth-order valence-electron chi connectivity index (χ4n) is 1.48. The fourth-order valence-corrected chi connectivity index (χ4v) is 1.48. The normalized spacial score (nSPS) is 14.9. The van der Waals surface area contributed by atoms with Crippen LogP contribution < -0.4 is 0 Å². The van der Waals surface area contributed by atoms with Gasteiger partial charge in [0.1, 0.15) is 5.60 Å². The number of rotatable bonds is 4. The van der Waals surface area contributed by atoms with Gasteiger partial charge in [0.05, 0.1) is 6.61 Å². The number of aliphatic hydroxyl groups excluding tert-OH is 1. The van der Waals surface area contributed by atoms with Gasteiger partial charge in [0, 0.05) is 6.42 Å². The average molecular weight is 254 g/mol. The summed E-state index contributed by atoms with van der Waals surface area (Å²) in [6.45, 7) is 4.08. The number of hydrogen-bond acceptors (Lipinski definition) is 3. The Balaban J connectivity index is 2.82. The van der Waals surface area contributed by atoms with Crippen LogP contribution >= 0.6 is 0 Å². The molecule has 1 aromatic rings. The minimum atomic E-state index is -2.39. The lowest BCUT2D eigenvalue weighted by atomic mass is 9.97. The van der Waals surface area contributed by atoms with Crippen molar-refractivity contribution in [1.82, 2.24) is 0 Å². The first-order chi connectivity index (χ1) is 8.27. The van der Waals surface area contributed by atoms with Crippen molar-refractivity contribution in [2.75, 3.05) is 6.61 Å². The van der Waals surface area contributed by atoms with E-state index in [4.69, 9.17) is 9.84 Å². The molecule has 0 aromatic heterocycles. The van der Waals surface area contributed by atoms with Crippen LogP contribution in [0, 0.1) is 0 Å². The van der Waals surface area contributed by atoms with Crippen LogP contribution in [0.3, 0.4) is 0 Å². The Kier molecular flexibility index (Phi) is 4.46.